The number of H-pyrrole nitrogens is 1. The second-order valence-electron chi connectivity index (χ2n) is 4.71. The summed E-state index contributed by atoms with van der Waals surface area (Å²) in [7, 11) is 0. The van der Waals surface area contributed by atoms with Crippen LogP contribution in [0.4, 0.5) is 26.3 Å². The maximum atomic E-state index is 12.5. The molecular weight excluding hydrogens is 354 g/mol. The Morgan fingerprint density at radius 1 is 0.760 bits per heavy atom. The number of hydrogen-bond acceptors (Lipinski definition) is 5. The van der Waals surface area contributed by atoms with E-state index in [1.807, 2.05) is 0 Å². The van der Waals surface area contributed by atoms with Gasteiger partial charge in [0.25, 0.3) is 0 Å². The van der Waals surface area contributed by atoms with Crippen LogP contribution in [0.2, 0.25) is 0 Å². The summed E-state index contributed by atoms with van der Waals surface area (Å²) in [5.41, 5.74) is -0.992. The third-order valence-electron chi connectivity index (χ3n) is 2.94. The van der Waals surface area contributed by atoms with Gasteiger partial charge in [-0.3, -0.25) is 5.10 Å². The average molecular weight is 360 g/mol. The highest BCUT2D eigenvalue weighted by Crippen LogP contribution is 2.29. The molecule has 0 fully saturated rings. The number of aromatic nitrogens is 6. The molecule has 0 bridgehead atoms. The molecule has 0 aliphatic heterocycles. The van der Waals surface area contributed by atoms with Crippen LogP contribution in [0.5, 0.6) is 0 Å². The summed E-state index contributed by atoms with van der Waals surface area (Å²) in [6, 6.07) is 4.16. The Kier molecular flexibility index (Phi) is 3.89. The van der Waals surface area contributed by atoms with Gasteiger partial charge in [0.15, 0.2) is 11.6 Å². The number of pyridine rings is 1. The van der Waals surface area contributed by atoms with Gasteiger partial charge in [0.2, 0.25) is 5.82 Å². The first-order chi connectivity index (χ1) is 11.6. The average Bonchev–Trinajstić information content (AvgIpc) is 3.05. The SMILES string of the molecule is FC(F)(F)c1cnc(-c2cccc(-c3n[nH]c(C(F)(F)F)n3)n2)nc1. The standard InChI is InChI=1S/C13H6F6N6/c14-12(15,16)6-4-20-9(21-5-6)7-2-1-3-8(22-7)10-23-11(25-24-10)13(17,18)19/h1-5H,(H,23,24,25). The van der Waals surface area contributed by atoms with Crippen LogP contribution in [-0.2, 0) is 12.4 Å². The number of nitrogens with one attached hydrogen (secondary N) is 1. The topological polar surface area (TPSA) is 80.2 Å². The van der Waals surface area contributed by atoms with Gasteiger partial charge in [-0.05, 0) is 12.1 Å². The lowest BCUT2D eigenvalue weighted by atomic mass is 10.2. The van der Waals surface area contributed by atoms with Crippen LogP contribution >= 0.6 is 0 Å². The molecule has 0 aliphatic rings. The molecule has 130 valence electrons. The molecular formula is C13H6F6N6. The lowest BCUT2D eigenvalue weighted by Gasteiger charge is -2.06. The quantitative estimate of drug-likeness (QED) is 0.709. The third kappa shape index (κ3) is 3.56. The molecule has 0 radical (unpaired) electrons. The molecule has 3 heterocycles. The zero-order chi connectivity index (χ0) is 18.2. The van der Waals surface area contributed by atoms with Crippen molar-refractivity contribution in [2.24, 2.45) is 0 Å². The molecule has 0 saturated carbocycles. The second-order valence-corrected chi connectivity index (χ2v) is 4.71. The Bertz CT molecular complexity index is 883. The number of aromatic amines is 1. The zero-order valence-corrected chi connectivity index (χ0v) is 11.9. The van der Waals surface area contributed by atoms with Crippen molar-refractivity contribution in [3.63, 3.8) is 0 Å². The fourth-order valence-electron chi connectivity index (χ4n) is 1.79. The number of alkyl halides is 6. The van der Waals surface area contributed by atoms with Crippen LogP contribution in [0.3, 0.4) is 0 Å². The first-order valence-electron chi connectivity index (χ1n) is 6.51. The fourth-order valence-corrected chi connectivity index (χ4v) is 1.79. The van der Waals surface area contributed by atoms with Gasteiger partial charge in [0.05, 0.1) is 5.56 Å². The predicted molar refractivity (Wildman–Crippen MR) is 70.6 cm³/mol. The predicted octanol–water partition coefficient (Wildman–Crippen LogP) is 3.36. The molecule has 0 spiro atoms. The van der Waals surface area contributed by atoms with Crippen LogP contribution in [0.1, 0.15) is 11.4 Å². The van der Waals surface area contributed by atoms with Gasteiger partial charge in [-0.2, -0.15) is 31.4 Å². The minimum atomic E-state index is -4.70. The molecule has 0 saturated heterocycles. The van der Waals surface area contributed by atoms with Crippen LogP contribution in [0.25, 0.3) is 23.0 Å². The summed E-state index contributed by atoms with van der Waals surface area (Å²) in [6.45, 7) is 0. The maximum Gasteiger partial charge on any atom is 0.451 e. The van der Waals surface area contributed by atoms with Crippen LogP contribution in [0.15, 0.2) is 30.6 Å². The molecule has 0 amide bonds. The van der Waals surface area contributed by atoms with Crippen molar-refractivity contribution in [3.8, 4) is 23.0 Å². The van der Waals surface area contributed by atoms with Crippen LogP contribution in [-0.4, -0.2) is 30.1 Å². The highest BCUT2D eigenvalue weighted by molar-refractivity contribution is 5.57. The normalized spacial score (nSPS) is 12.4. The molecule has 25 heavy (non-hydrogen) atoms. The van der Waals surface area contributed by atoms with Gasteiger partial charge >= 0.3 is 12.4 Å². The molecule has 0 aliphatic carbocycles. The lowest BCUT2D eigenvalue weighted by Crippen LogP contribution is -2.07. The van der Waals surface area contributed by atoms with E-state index in [1.165, 1.54) is 18.2 Å². The van der Waals surface area contributed by atoms with Crippen LogP contribution in [0, 0.1) is 0 Å². The number of halogens is 6. The molecule has 3 aromatic rings. The minimum Gasteiger partial charge on any atom is -0.255 e. The summed E-state index contributed by atoms with van der Waals surface area (Å²) < 4.78 is 75.1. The van der Waals surface area contributed by atoms with E-state index in [4.69, 9.17) is 0 Å². The molecule has 0 unspecified atom stereocenters. The Hall–Kier alpha value is -3.05. The molecule has 1 N–H and O–H groups in total. The first kappa shape index (κ1) is 16.8. The Labute approximate surface area is 135 Å². The van der Waals surface area contributed by atoms with Crippen molar-refractivity contribution in [1.29, 1.82) is 0 Å². The number of rotatable bonds is 2. The molecule has 0 atom stereocenters. The summed E-state index contributed by atoms with van der Waals surface area (Å²) >= 11 is 0. The van der Waals surface area contributed by atoms with Gasteiger partial charge in [0.1, 0.15) is 11.4 Å². The lowest BCUT2D eigenvalue weighted by molar-refractivity contribution is -0.144. The highest BCUT2D eigenvalue weighted by atomic mass is 19.4. The fraction of sp³-hybridized carbons (Fsp3) is 0.154. The Morgan fingerprint density at radius 2 is 1.36 bits per heavy atom. The van der Waals surface area contributed by atoms with Crippen LogP contribution < -0.4 is 0 Å². The van der Waals surface area contributed by atoms with Crippen molar-refractivity contribution in [2.75, 3.05) is 0 Å². The summed E-state index contributed by atoms with van der Waals surface area (Å²) in [4.78, 5) is 14.4. The summed E-state index contributed by atoms with van der Waals surface area (Å²) in [6.07, 6.45) is -8.10. The van der Waals surface area contributed by atoms with E-state index in [1.54, 1.807) is 5.10 Å². The third-order valence-corrected chi connectivity index (χ3v) is 2.94. The van der Waals surface area contributed by atoms with Gasteiger partial charge < -0.3 is 0 Å². The van der Waals surface area contributed by atoms with Crippen molar-refractivity contribution < 1.29 is 26.3 Å². The number of hydrogen-bond donors (Lipinski definition) is 1. The largest absolute Gasteiger partial charge is 0.451 e. The van der Waals surface area contributed by atoms with E-state index < -0.39 is 23.7 Å². The van der Waals surface area contributed by atoms with Gasteiger partial charge in [0, 0.05) is 12.4 Å². The monoisotopic (exact) mass is 360 g/mol. The van der Waals surface area contributed by atoms with Crippen molar-refractivity contribution in [2.45, 2.75) is 12.4 Å². The maximum absolute atomic E-state index is 12.5. The first-order valence-corrected chi connectivity index (χ1v) is 6.51. The Balaban J connectivity index is 1.93. The highest BCUT2D eigenvalue weighted by Gasteiger charge is 2.35. The van der Waals surface area contributed by atoms with Gasteiger partial charge in [-0.25, -0.2) is 19.9 Å². The Morgan fingerprint density at radius 3 is 1.88 bits per heavy atom. The van der Waals surface area contributed by atoms with E-state index in [2.05, 4.69) is 25.0 Å². The van der Waals surface area contributed by atoms with E-state index in [0.29, 0.717) is 12.4 Å². The van der Waals surface area contributed by atoms with Crippen molar-refractivity contribution >= 4 is 0 Å². The van der Waals surface area contributed by atoms with E-state index >= 15 is 0 Å². The molecule has 6 nitrogen and oxygen atoms in total. The minimum absolute atomic E-state index is 0.0206. The van der Waals surface area contributed by atoms with Gasteiger partial charge in [-0.1, -0.05) is 6.07 Å². The molecule has 3 aromatic heterocycles. The molecule has 12 heteroatoms. The van der Waals surface area contributed by atoms with E-state index in [0.717, 1.165) is 0 Å². The summed E-state index contributed by atoms with van der Waals surface area (Å²) in [5, 5.41) is 5.17. The number of nitrogens with zero attached hydrogens (tertiary/aromatic N) is 5. The molecule has 0 aromatic carbocycles. The smallest absolute Gasteiger partial charge is 0.255 e. The summed E-state index contributed by atoms with van der Waals surface area (Å²) in [5.74, 6) is -1.73. The second kappa shape index (κ2) is 5.79. The zero-order valence-electron chi connectivity index (χ0n) is 11.9. The van der Waals surface area contributed by atoms with E-state index in [9.17, 15) is 26.3 Å². The van der Waals surface area contributed by atoms with Gasteiger partial charge in [-0.15, -0.1) is 0 Å². The van der Waals surface area contributed by atoms with E-state index in [-0.39, 0.29) is 23.0 Å². The van der Waals surface area contributed by atoms with Crippen molar-refractivity contribution in [3.05, 3.63) is 42.0 Å². The molecule has 3 rings (SSSR count). The van der Waals surface area contributed by atoms with Crippen molar-refractivity contribution in [1.82, 2.24) is 30.1 Å².